The molecule has 0 radical (unpaired) electrons. The molecule has 4 nitrogen and oxygen atoms in total. The van der Waals surface area contributed by atoms with E-state index in [1.165, 1.54) is 7.14 Å². The maximum atomic E-state index is 14.4. The van der Waals surface area contributed by atoms with Crippen molar-refractivity contribution in [2.24, 2.45) is 0 Å². The van der Waals surface area contributed by atoms with Gasteiger partial charge in [-0.25, -0.2) is 0 Å². The molecule has 7 heteroatoms. The highest BCUT2D eigenvalue weighted by atomic mass is 127. The van der Waals surface area contributed by atoms with Gasteiger partial charge in [-0.15, -0.1) is 0 Å². The van der Waals surface area contributed by atoms with Crippen LogP contribution in [0.1, 0.15) is 39.5 Å². The molecule has 3 aromatic carbocycles. The van der Waals surface area contributed by atoms with Crippen LogP contribution in [-0.2, 0) is 10.2 Å². The van der Waals surface area contributed by atoms with Crippen molar-refractivity contribution in [3.63, 3.8) is 0 Å². The van der Waals surface area contributed by atoms with Gasteiger partial charge in [0.1, 0.15) is 5.41 Å². The van der Waals surface area contributed by atoms with Crippen molar-refractivity contribution in [1.29, 1.82) is 0 Å². The first kappa shape index (κ1) is 26.8. The quantitative estimate of drug-likeness (QED) is 0.182. The Balaban J connectivity index is 1.68. The number of nitrogens with one attached hydrogen (secondary N) is 1. The molecule has 0 aliphatic carbocycles. The van der Waals surface area contributed by atoms with Gasteiger partial charge in [-0.1, -0.05) is 15.9 Å². The molecule has 39 heavy (non-hydrogen) atoms. The second kappa shape index (κ2) is 9.92. The number of carbonyl (C=O) groups is 1. The van der Waals surface area contributed by atoms with Crippen LogP contribution in [0.15, 0.2) is 83.3 Å². The molecule has 0 bridgehead atoms. The lowest BCUT2D eigenvalue weighted by molar-refractivity contribution is -0.118. The van der Waals surface area contributed by atoms with Crippen molar-refractivity contribution in [1.82, 2.24) is 9.13 Å². The zero-order chi connectivity index (χ0) is 27.6. The van der Waals surface area contributed by atoms with Crippen LogP contribution in [0, 0.1) is 34.8 Å². The average molecular weight is 802 g/mol. The van der Waals surface area contributed by atoms with Crippen molar-refractivity contribution in [2.75, 3.05) is 5.32 Å². The molecule has 196 valence electrons. The summed E-state index contributed by atoms with van der Waals surface area (Å²) < 4.78 is 7.84. The molecule has 0 spiro atoms. The lowest BCUT2D eigenvalue weighted by Gasteiger charge is -2.29. The zero-order valence-corrected chi connectivity index (χ0v) is 27.8. The van der Waals surface area contributed by atoms with E-state index in [-0.39, 0.29) is 5.91 Å². The van der Waals surface area contributed by atoms with E-state index in [1.54, 1.807) is 0 Å². The summed E-state index contributed by atoms with van der Waals surface area (Å²) in [5.41, 5.74) is 9.25. The zero-order valence-electron chi connectivity index (χ0n) is 21.9. The highest BCUT2D eigenvalue weighted by molar-refractivity contribution is 14.1. The number of aryl methyl sites for hydroxylation is 2. The molecule has 2 aromatic heterocycles. The van der Waals surface area contributed by atoms with Crippen molar-refractivity contribution >= 4 is 72.7 Å². The number of aromatic nitrogens is 2. The number of carbonyl (C=O) groups excluding carboxylic acids is 1. The molecule has 1 N–H and O–H groups in total. The van der Waals surface area contributed by atoms with E-state index in [4.69, 9.17) is 0 Å². The number of nitrogens with zero attached hydrogens (tertiary/aromatic N) is 2. The summed E-state index contributed by atoms with van der Waals surface area (Å²) in [6.45, 7) is 8.49. The fourth-order valence-electron chi connectivity index (χ4n) is 6.21. The summed E-state index contributed by atoms with van der Waals surface area (Å²) >= 11 is 8.36. The SMILES string of the molecule is Cc1cc(C2(c3cc(C)n(-c4ccc(I)cc4)c3C)C(=O)Nc3ccc(Br)cc32)c(C)n1-c1ccc(I)cc1. The molecular formula is C32H26BrI2N3O. The van der Waals surface area contributed by atoms with Crippen molar-refractivity contribution < 1.29 is 4.79 Å². The number of fused-ring (bicyclic) bond motifs is 1. The molecule has 1 aliphatic rings. The minimum Gasteiger partial charge on any atom is -0.324 e. The average Bonchev–Trinajstić information content (AvgIpc) is 3.48. The van der Waals surface area contributed by atoms with Gasteiger partial charge in [-0.2, -0.15) is 0 Å². The maximum absolute atomic E-state index is 14.4. The van der Waals surface area contributed by atoms with E-state index in [0.717, 1.165) is 61.0 Å². The number of anilines is 1. The van der Waals surface area contributed by atoms with Gasteiger partial charge in [0.25, 0.3) is 0 Å². The van der Waals surface area contributed by atoms with E-state index >= 15 is 0 Å². The maximum Gasteiger partial charge on any atom is 0.244 e. The van der Waals surface area contributed by atoms with Gasteiger partial charge in [-0.3, -0.25) is 4.79 Å². The van der Waals surface area contributed by atoms with Crippen molar-refractivity contribution in [3.05, 3.63) is 130 Å². The first-order chi connectivity index (χ1) is 18.6. The second-order valence-electron chi connectivity index (χ2n) is 10.1. The van der Waals surface area contributed by atoms with Crippen molar-refractivity contribution in [3.8, 4) is 11.4 Å². The molecule has 1 aliphatic heterocycles. The van der Waals surface area contributed by atoms with Crippen LogP contribution >= 0.6 is 61.1 Å². The Bertz CT molecular complexity index is 1670. The summed E-state index contributed by atoms with van der Waals surface area (Å²) in [7, 11) is 0. The third-order valence-electron chi connectivity index (χ3n) is 7.81. The number of benzene rings is 3. The van der Waals surface area contributed by atoms with E-state index in [9.17, 15) is 4.79 Å². The lowest BCUT2D eigenvalue weighted by Crippen LogP contribution is -2.38. The third kappa shape index (κ3) is 4.14. The van der Waals surface area contributed by atoms with Gasteiger partial charge < -0.3 is 14.5 Å². The van der Waals surface area contributed by atoms with Crippen LogP contribution in [0.3, 0.4) is 0 Å². The molecule has 3 heterocycles. The summed E-state index contributed by atoms with van der Waals surface area (Å²) in [6, 6.07) is 27.5. The van der Waals surface area contributed by atoms with E-state index in [2.05, 4.69) is 170 Å². The second-order valence-corrected chi connectivity index (χ2v) is 13.5. The molecule has 0 unspecified atom stereocenters. The number of amides is 1. The van der Waals surface area contributed by atoms with E-state index < -0.39 is 5.41 Å². The van der Waals surface area contributed by atoms with Crippen LogP contribution in [0.5, 0.6) is 0 Å². The predicted molar refractivity (Wildman–Crippen MR) is 179 cm³/mol. The third-order valence-corrected chi connectivity index (χ3v) is 9.75. The highest BCUT2D eigenvalue weighted by Crippen LogP contribution is 2.52. The molecule has 1 amide bonds. The molecule has 5 aromatic rings. The lowest BCUT2D eigenvalue weighted by atomic mass is 9.70. The van der Waals surface area contributed by atoms with Crippen LogP contribution in [-0.4, -0.2) is 15.0 Å². The summed E-state index contributed by atoms with van der Waals surface area (Å²) in [5, 5.41) is 3.24. The van der Waals surface area contributed by atoms with Gasteiger partial charge in [0, 0.05) is 57.0 Å². The summed E-state index contributed by atoms with van der Waals surface area (Å²) in [4.78, 5) is 14.4. The Hall–Kier alpha value is -2.37. The van der Waals surface area contributed by atoms with Crippen LogP contribution < -0.4 is 5.32 Å². The van der Waals surface area contributed by atoms with Gasteiger partial charge in [0.05, 0.1) is 0 Å². The Morgan fingerprint density at radius 3 is 1.59 bits per heavy atom. The minimum atomic E-state index is -1.01. The Morgan fingerprint density at radius 2 is 1.13 bits per heavy atom. The van der Waals surface area contributed by atoms with Crippen LogP contribution in [0.2, 0.25) is 0 Å². The topological polar surface area (TPSA) is 39.0 Å². The standard InChI is InChI=1S/C32H26BrI2N3O/c1-18-15-27(20(3)37(18)25-10-6-23(34)7-11-25)32(29-17-22(33)5-14-30(29)36-31(32)39)28-16-19(2)38(21(28)4)26-12-8-24(35)9-13-26/h5-17H,1-4H3,(H,36,39). The fourth-order valence-corrected chi connectivity index (χ4v) is 7.29. The van der Waals surface area contributed by atoms with Crippen molar-refractivity contribution in [2.45, 2.75) is 33.1 Å². The normalized spacial score (nSPS) is 14.0. The van der Waals surface area contributed by atoms with Gasteiger partial charge in [0.2, 0.25) is 5.91 Å². The first-order valence-electron chi connectivity index (χ1n) is 12.6. The number of hydrogen-bond donors (Lipinski definition) is 1. The Morgan fingerprint density at radius 1 is 0.667 bits per heavy atom. The number of hydrogen-bond acceptors (Lipinski definition) is 1. The molecule has 6 rings (SSSR count). The van der Waals surface area contributed by atoms with Crippen LogP contribution in [0.25, 0.3) is 11.4 Å². The van der Waals surface area contributed by atoms with Gasteiger partial charge in [-0.05, 0) is 163 Å². The highest BCUT2D eigenvalue weighted by Gasteiger charge is 2.53. The van der Waals surface area contributed by atoms with E-state index in [0.29, 0.717) is 0 Å². The molecule has 0 saturated heterocycles. The monoisotopic (exact) mass is 801 g/mol. The smallest absolute Gasteiger partial charge is 0.244 e. The Kier molecular flexibility index (Phi) is 6.83. The minimum absolute atomic E-state index is 0.0266. The number of rotatable bonds is 4. The molecular weight excluding hydrogens is 776 g/mol. The predicted octanol–water partition coefficient (Wildman–Crippen LogP) is 8.76. The largest absolute Gasteiger partial charge is 0.324 e. The number of halogens is 3. The molecule has 0 saturated carbocycles. The molecule has 0 atom stereocenters. The summed E-state index contributed by atoms with van der Waals surface area (Å²) in [6.07, 6.45) is 0. The Labute approximate surface area is 264 Å². The van der Waals surface area contributed by atoms with Gasteiger partial charge >= 0.3 is 0 Å². The van der Waals surface area contributed by atoms with Crippen LogP contribution in [0.4, 0.5) is 5.69 Å². The first-order valence-corrected chi connectivity index (χ1v) is 15.6. The van der Waals surface area contributed by atoms with Gasteiger partial charge in [0.15, 0.2) is 0 Å². The summed E-state index contributed by atoms with van der Waals surface area (Å²) in [5.74, 6) is -0.0266. The van der Waals surface area contributed by atoms with E-state index in [1.807, 2.05) is 12.1 Å². The fraction of sp³-hybridized carbons (Fsp3) is 0.156. The molecule has 0 fully saturated rings.